The molecule has 0 spiro atoms. The van der Waals surface area contributed by atoms with Crippen molar-refractivity contribution in [2.24, 2.45) is 10.9 Å². The van der Waals surface area contributed by atoms with E-state index in [1.165, 1.54) is 0 Å². The highest BCUT2D eigenvalue weighted by molar-refractivity contribution is 5.79. The van der Waals surface area contributed by atoms with Gasteiger partial charge in [0.1, 0.15) is 5.84 Å². The molecule has 0 aromatic carbocycles. The number of hydrogen-bond acceptors (Lipinski definition) is 2. The first-order valence-electron chi connectivity index (χ1n) is 2.82. The Hall–Kier alpha value is -0.990. The van der Waals surface area contributed by atoms with Gasteiger partial charge in [-0.25, -0.2) is 0 Å². The van der Waals surface area contributed by atoms with Crippen LogP contribution in [0, 0.1) is 0 Å². The van der Waals surface area contributed by atoms with Crippen LogP contribution in [0.1, 0.15) is 13.8 Å². The molecule has 2 N–H and O–H groups in total. The number of hydrazone groups is 1. The molecule has 0 amide bonds. The summed E-state index contributed by atoms with van der Waals surface area (Å²) in [6, 6.07) is 0. The fourth-order valence-corrected chi connectivity index (χ4v) is 0.423. The van der Waals surface area contributed by atoms with Crippen molar-refractivity contribution in [3.05, 3.63) is 12.3 Å². The zero-order chi connectivity index (χ0) is 7.28. The smallest absolute Gasteiger partial charge is 0.125 e. The average Bonchev–Trinajstić information content (AvgIpc) is 1.87. The first-order chi connectivity index (χ1) is 4.22. The first kappa shape index (κ1) is 8.01. The third-order valence-electron chi connectivity index (χ3n) is 1.07. The van der Waals surface area contributed by atoms with E-state index in [4.69, 9.17) is 5.84 Å². The van der Waals surface area contributed by atoms with Gasteiger partial charge < -0.3 is 10.7 Å². The molecule has 0 aromatic rings. The van der Waals surface area contributed by atoms with E-state index in [1.807, 2.05) is 38.1 Å². The normalized spacial score (nSPS) is 12.6. The summed E-state index contributed by atoms with van der Waals surface area (Å²) < 4.78 is 0. The second-order valence-corrected chi connectivity index (χ2v) is 1.77. The Morgan fingerprint density at radius 2 is 2.22 bits per heavy atom. The molecule has 0 aliphatic carbocycles. The molecular formula is C6H13N3. The van der Waals surface area contributed by atoms with Gasteiger partial charge in [0.25, 0.3) is 0 Å². The minimum Gasteiger partial charge on any atom is -0.339 e. The first-order valence-corrected chi connectivity index (χ1v) is 2.82. The standard InChI is InChI=1S/C6H13N3/c1-4-5-9(3)6(2)8-7/h4-5H,7H2,1-3H3/b5-4-,8-6-. The second kappa shape index (κ2) is 3.95. The van der Waals surface area contributed by atoms with Crippen LogP contribution in [-0.4, -0.2) is 17.8 Å². The lowest BCUT2D eigenvalue weighted by Gasteiger charge is -2.10. The maximum atomic E-state index is 5.02. The van der Waals surface area contributed by atoms with Gasteiger partial charge in [-0.3, -0.25) is 0 Å². The molecule has 0 heterocycles. The van der Waals surface area contributed by atoms with Crippen molar-refractivity contribution in [1.29, 1.82) is 0 Å². The van der Waals surface area contributed by atoms with E-state index < -0.39 is 0 Å². The molecule has 0 aromatic heterocycles. The highest BCUT2D eigenvalue weighted by atomic mass is 15.2. The van der Waals surface area contributed by atoms with Gasteiger partial charge in [0.05, 0.1) is 0 Å². The minimum absolute atomic E-state index is 0.799. The minimum atomic E-state index is 0.799. The quantitative estimate of drug-likeness (QED) is 0.244. The van der Waals surface area contributed by atoms with E-state index in [0.717, 1.165) is 5.84 Å². The molecule has 0 fully saturated rings. The van der Waals surface area contributed by atoms with Gasteiger partial charge in [-0.1, -0.05) is 6.08 Å². The number of rotatable bonds is 1. The van der Waals surface area contributed by atoms with Crippen LogP contribution in [0.3, 0.4) is 0 Å². The van der Waals surface area contributed by atoms with Crippen molar-refractivity contribution in [3.8, 4) is 0 Å². The van der Waals surface area contributed by atoms with Crippen molar-refractivity contribution >= 4 is 5.84 Å². The SMILES string of the molecule is C/C=C\N(C)/C(C)=N\N. The number of nitrogens with zero attached hydrogens (tertiary/aromatic N) is 2. The van der Waals surface area contributed by atoms with Crippen molar-refractivity contribution in [2.75, 3.05) is 7.05 Å². The van der Waals surface area contributed by atoms with Crippen LogP contribution in [0.2, 0.25) is 0 Å². The summed E-state index contributed by atoms with van der Waals surface area (Å²) in [5.41, 5.74) is 0. The van der Waals surface area contributed by atoms with Gasteiger partial charge in [-0.05, 0) is 13.8 Å². The van der Waals surface area contributed by atoms with Gasteiger partial charge in [-0.2, -0.15) is 5.10 Å². The van der Waals surface area contributed by atoms with E-state index in [2.05, 4.69) is 5.10 Å². The summed E-state index contributed by atoms with van der Waals surface area (Å²) >= 11 is 0. The molecule has 0 aliphatic heterocycles. The lowest BCUT2D eigenvalue weighted by Crippen LogP contribution is -2.18. The van der Waals surface area contributed by atoms with Crippen LogP contribution in [0.15, 0.2) is 17.4 Å². The fraction of sp³-hybridized carbons (Fsp3) is 0.500. The number of hydrogen-bond donors (Lipinski definition) is 1. The van der Waals surface area contributed by atoms with E-state index in [9.17, 15) is 0 Å². The lowest BCUT2D eigenvalue weighted by molar-refractivity contribution is 0.677. The van der Waals surface area contributed by atoms with E-state index >= 15 is 0 Å². The average molecular weight is 127 g/mol. The summed E-state index contributed by atoms with van der Waals surface area (Å²) in [6.07, 6.45) is 3.82. The molecule has 3 heteroatoms. The van der Waals surface area contributed by atoms with Gasteiger partial charge in [0.2, 0.25) is 0 Å². The Morgan fingerprint density at radius 3 is 2.56 bits per heavy atom. The van der Waals surface area contributed by atoms with Gasteiger partial charge in [0, 0.05) is 13.2 Å². The summed E-state index contributed by atoms with van der Waals surface area (Å²) in [7, 11) is 1.89. The van der Waals surface area contributed by atoms with Crippen molar-refractivity contribution in [3.63, 3.8) is 0 Å². The van der Waals surface area contributed by atoms with Crippen LogP contribution < -0.4 is 5.84 Å². The predicted molar refractivity (Wildman–Crippen MR) is 39.9 cm³/mol. The number of nitrogens with two attached hydrogens (primary N) is 1. The van der Waals surface area contributed by atoms with E-state index in [1.54, 1.807) is 0 Å². The van der Waals surface area contributed by atoms with Crippen LogP contribution in [-0.2, 0) is 0 Å². The molecule has 0 saturated carbocycles. The van der Waals surface area contributed by atoms with E-state index in [-0.39, 0.29) is 0 Å². The predicted octanol–water partition coefficient (Wildman–Crippen LogP) is 0.744. The van der Waals surface area contributed by atoms with Gasteiger partial charge >= 0.3 is 0 Å². The monoisotopic (exact) mass is 127 g/mol. The van der Waals surface area contributed by atoms with Crippen molar-refractivity contribution in [2.45, 2.75) is 13.8 Å². The van der Waals surface area contributed by atoms with Gasteiger partial charge in [0.15, 0.2) is 0 Å². The maximum Gasteiger partial charge on any atom is 0.125 e. The molecular weight excluding hydrogens is 114 g/mol. The van der Waals surface area contributed by atoms with Gasteiger partial charge in [-0.15, -0.1) is 0 Å². The zero-order valence-corrected chi connectivity index (χ0v) is 6.13. The number of allylic oxidation sites excluding steroid dienone is 1. The van der Waals surface area contributed by atoms with Crippen LogP contribution >= 0.6 is 0 Å². The topological polar surface area (TPSA) is 41.6 Å². The maximum absolute atomic E-state index is 5.02. The highest BCUT2D eigenvalue weighted by Crippen LogP contribution is 1.85. The molecule has 0 bridgehead atoms. The Kier molecular flexibility index (Phi) is 3.51. The summed E-state index contributed by atoms with van der Waals surface area (Å²) in [5, 5.41) is 3.50. The molecule has 0 aliphatic rings. The molecule has 0 rings (SSSR count). The molecule has 0 radical (unpaired) electrons. The Bertz CT molecular complexity index is 126. The van der Waals surface area contributed by atoms with Crippen LogP contribution in [0.25, 0.3) is 0 Å². The van der Waals surface area contributed by atoms with Crippen LogP contribution in [0.5, 0.6) is 0 Å². The Morgan fingerprint density at radius 1 is 1.67 bits per heavy atom. The fourth-order valence-electron chi connectivity index (χ4n) is 0.423. The second-order valence-electron chi connectivity index (χ2n) is 1.77. The van der Waals surface area contributed by atoms with E-state index in [0.29, 0.717) is 0 Å². The van der Waals surface area contributed by atoms with Crippen molar-refractivity contribution < 1.29 is 0 Å². The summed E-state index contributed by atoms with van der Waals surface area (Å²) in [4.78, 5) is 1.85. The lowest BCUT2D eigenvalue weighted by atomic mass is 10.5. The third kappa shape index (κ3) is 2.74. The Balaban J connectivity index is 3.88. The third-order valence-corrected chi connectivity index (χ3v) is 1.07. The zero-order valence-electron chi connectivity index (χ0n) is 6.13. The van der Waals surface area contributed by atoms with Crippen LogP contribution in [0.4, 0.5) is 0 Å². The molecule has 9 heavy (non-hydrogen) atoms. The molecule has 0 unspecified atom stereocenters. The number of amidine groups is 1. The Labute approximate surface area is 55.8 Å². The molecule has 3 nitrogen and oxygen atoms in total. The summed E-state index contributed by atoms with van der Waals surface area (Å²) in [5.74, 6) is 5.81. The largest absolute Gasteiger partial charge is 0.339 e. The van der Waals surface area contributed by atoms with Crippen molar-refractivity contribution in [1.82, 2.24) is 4.90 Å². The summed E-state index contributed by atoms with van der Waals surface area (Å²) in [6.45, 7) is 3.79. The molecule has 0 atom stereocenters. The molecule has 52 valence electrons. The highest BCUT2D eigenvalue weighted by Gasteiger charge is 1.90. The molecule has 0 saturated heterocycles.